The Labute approximate surface area is 207 Å². The number of hydrogen-bond donors (Lipinski definition) is 2. The van der Waals surface area contributed by atoms with Crippen molar-refractivity contribution in [3.63, 3.8) is 0 Å². The van der Waals surface area contributed by atoms with E-state index in [1.165, 1.54) is 18.4 Å². The number of aromatic nitrogens is 4. The predicted octanol–water partition coefficient (Wildman–Crippen LogP) is 5.42. The lowest BCUT2D eigenvalue weighted by Crippen LogP contribution is -2.44. The Hall–Kier alpha value is -3.00. The minimum atomic E-state index is 0.456. The molecule has 34 heavy (non-hydrogen) atoms. The first-order valence-electron chi connectivity index (χ1n) is 11.5. The lowest BCUT2D eigenvalue weighted by Gasteiger charge is -2.30. The zero-order valence-corrected chi connectivity index (χ0v) is 19.9. The van der Waals surface area contributed by atoms with Crippen LogP contribution >= 0.6 is 23.2 Å². The number of benzene rings is 1. The Morgan fingerprint density at radius 3 is 2.71 bits per heavy atom. The van der Waals surface area contributed by atoms with Crippen molar-refractivity contribution in [1.29, 1.82) is 0 Å². The highest BCUT2D eigenvalue weighted by molar-refractivity contribution is 6.43. The van der Waals surface area contributed by atoms with Gasteiger partial charge in [-0.25, -0.2) is 15.0 Å². The molecule has 0 bridgehead atoms. The van der Waals surface area contributed by atoms with E-state index in [4.69, 9.17) is 33.2 Å². The number of rotatable bonds is 5. The molecule has 3 aromatic heterocycles. The molecular weight excluding hydrogens is 469 g/mol. The van der Waals surface area contributed by atoms with Crippen LogP contribution in [0.2, 0.25) is 10.0 Å². The van der Waals surface area contributed by atoms with Gasteiger partial charge < -0.3 is 15.5 Å². The predicted molar refractivity (Wildman–Crippen MR) is 137 cm³/mol. The molecule has 0 spiro atoms. The van der Waals surface area contributed by atoms with E-state index in [0.29, 0.717) is 33.3 Å². The molecule has 0 unspecified atom stereocenters. The van der Waals surface area contributed by atoms with Gasteiger partial charge in [-0.1, -0.05) is 29.3 Å². The van der Waals surface area contributed by atoms with Crippen LogP contribution in [0.15, 0.2) is 48.9 Å². The molecule has 172 valence electrons. The summed E-state index contributed by atoms with van der Waals surface area (Å²) in [5, 5.41) is 8.77. The molecule has 0 radical (unpaired) electrons. The SMILES string of the molecule is Clc1cccc(Nc2cc(-c3nc(N4CCNCC4)c4c(C5CC5)cncc4n3)ccn2)c1Cl. The Morgan fingerprint density at radius 1 is 1.03 bits per heavy atom. The van der Waals surface area contributed by atoms with Crippen molar-refractivity contribution in [2.24, 2.45) is 0 Å². The summed E-state index contributed by atoms with van der Waals surface area (Å²) in [5.74, 6) is 2.85. The van der Waals surface area contributed by atoms with Crippen molar-refractivity contribution < 1.29 is 0 Å². The topological polar surface area (TPSA) is 78.9 Å². The number of nitrogens with zero attached hydrogens (tertiary/aromatic N) is 5. The van der Waals surface area contributed by atoms with Crippen LogP contribution in [0.5, 0.6) is 0 Å². The number of hydrogen-bond acceptors (Lipinski definition) is 7. The molecule has 0 amide bonds. The maximum absolute atomic E-state index is 6.35. The number of fused-ring (bicyclic) bond motifs is 1. The normalized spacial score (nSPS) is 16.1. The monoisotopic (exact) mass is 491 g/mol. The van der Waals surface area contributed by atoms with Crippen molar-refractivity contribution in [3.05, 3.63) is 64.5 Å². The van der Waals surface area contributed by atoms with Crippen LogP contribution in [0.1, 0.15) is 24.3 Å². The highest BCUT2D eigenvalue weighted by Gasteiger charge is 2.29. The van der Waals surface area contributed by atoms with Crippen molar-refractivity contribution in [2.45, 2.75) is 18.8 Å². The number of piperazine rings is 1. The summed E-state index contributed by atoms with van der Waals surface area (Å²) >= 11 is 12.5. The number of halogens is 2. The second-order valence-corrected chi connectivity index (χ2v) is 9.45. The van der Waals surface area contributed by atoms with Crippen LogP contribution < -0.4 is 15.5 Å². The first kappa shape index (κ1) is 21.5. The largest absolute Gasteiger partial charge is 0.353 e. The summed E-state index contributed by atoms with van der Waals surface area (Å²) in [4.78, 5) is 21.4. The van der Waals surface area contributed by atoms with Gasteiger partial charge in [-0.2, -0.15) is 0 Å². The minimum absolute atomic E-state index is 0.456. The molecule has 2 aliphatic rings. The van der Waals surface area contributed by atoms with E-state index in [9.17, 15) is 0 Å². The molecule has 9 heteroatoms. The molecule has 7 nitrogen and oxygen atoms in total. The summed E-state index contributed by atoms with van der Waals surface area (Å²) in [6, 6.07) is 9.31. The van der Waals surface area contributed by atoms with E-state index < -0.39 is 0 Å². The van der Waals surface area contributed by atoms with Crippen LogP contribution in [0.3, 0.4) is 0 Å². The van der Waals surface area contributed by atoms with Crippen LogP contribution in [0.4, 0.5) is 17.3 Å². The lowest BCUT2D eigenvalue weighted by molar-refractivity contribution is 0.586. The standard InChI is InChI=1S/C25H23Cl2N7/c26-18-2-1-3-19(23(18)27)31-21-12-16(6-7-30-21)24-32-20-14-29-13-17(15-4-5-15)22(20)25(33-24)34-10-8-28-9-11-34/h1-3,6-7,12-15,28H,4-5,8-11H2,(H,30,31). The van der Waals surface area contributed by atoms with Crippen molar-refractivity contribution in [2.75, 3.05) is 36.4 Å². The summed E-state index contributed by atoms with van der Waals surface area (Å²) in [5.41, 5.74) is 3.71. The fraction of sp³-hybridized carbons (Fsp3) is 0.280. The van der Waals surface area contributed by atoms with Gasteiger partial charge in [0.25, 0.3) is 0 Å². The number of nitrogens with one attached hydrogen (secondary N) is 2. The average Bonchev–Trinajstić information content (AvgIpc) is 3.72. The van der Waals surface area contributed by atoms with E-state index in [0.717, 1.165) is 48.5 Å². The second kappa shape index (κ2) is 8.98. The molecule has 1 saturated carbocycles. The zero-order valence-electron chi connectivity index (χ0n) is 18.4. The maximum Gasteiger partial charge on any atom is 0.162 e. The lowest BCUT2D eigenvalue weighted by atomic mass is 10.1. The smallest absolute Gasteiger partial charge is 0.162 e. The minimum Gasteiger partial charge on any atom is -0.353 e. The molecule has 1 aromatic carbocycles. The highest BCUT2D eigenvalue weighted by atomic mass is 35.5. The Kier molecular flexibility index (Phi) is 5.69. The highest BCUT2D eigenvalue weighted by Crippen LogP contribution is 2.45. The molecule has 1 saturated heterocycles. The van der Waals surface area contributed by atoms with E-state index in [2.05, 4.69) is 25.5 Å². The summed E-state index contributed by atoms with van der Waals surface area (Å²) < 4.78 is 0. The van der Waals surface area contributed by atoms with Crippen molar-refractivity contribution in [1.82, 2.24) is 25.3 Å². The van der Waals surface area contributed by atoms with E-state index in [1.807, 2.05) is 36.7 Å². The van der Waals surface area contributed by atoms with Gasteiger partial charge in [0, 0.05) is 49.5 Å². The van der Waals surface area contributed by atoms with E-state index in [-0.39, 0.29) is 0 Å². The average molecular weight is 492 g/mol. The summed E-state index contributed by atoms with van der Waals surface area (Å²) in [6.07, 6.45) is 8.00. The molecule has 2 fully saturated rings. The second-order valence-electron chi connectivity index (χ2n) is 8.66. The van der Waals surface area contributed by atoms with Gasteiger partial charge >= 0.3 is 0 Å². The van der Waals surface area contributed by atoms with Crippen LogP contribution in [0.25, 0.3) is 22.3 Å². The van der Waals surface area contributed by atoms with Crippen LogP contribution in [0, 0.1) is 0 Å². The van der Waals surface area contributed by atoms with Gasteiger partial charge in [0.15, 0.2) is 5.82 Å². The van der Waals surface area contributed by atoms with Crippen molar-refractivity contribution in [3.8, 4) is 11.4 Å². The third kappa shape index (κ3) is 4.15. The molecule has 2 N–H and O–H groups in total. The van der Waals surface area contributed by atoms with Crippen LogP contribution in [-0.2, 0) is 0 Å². The number of pyridine rings is 2. The molecule has 4 heterocycles. The first-order chi connectivity index (χ1) is 16.7. The summed E-state index contributed by atoms with van der Waals surface area (Å²) in [6.45, 7) is 3.70. The molecule has 6 rings (SSSR count). The zero-order chi connectivity index (χ0) is 23.1. The Bertz CT molecular complexity index is 1370. The molecular formula is C25H23Cl2N7. The van der Waals surface area contributed by atoms with Crippen molar-refractivity contribution >= 4 is 51.4 Å². The Balaban J connectivity index is 1.44. The van der Waals surface area contributed by atoms with E-state index >= 15 is 0 Å². The summed E-state index contributed by atoms with van der Waals surface area (Å²) in [7, 11) is 0. The quantitative estimate of drug-likeness (QED) is 0.385. The van der Waals surface area contributed by atoms with E-state index in [1.54, 1.807) is 12.3 Å². The first-order valence-corrected chi connectivity index (χ1v) is 12.2. The fourth-order valence-electron chi connectivity index (χ4n) is 4.40. The fourth-order valence-corrected chi connectivity index (χ4v) is 4.75. The Morgan fingerprint density at radius 2 is 1.88 bits per heavy atom. The van der Waals surface area contributed by atoms with Gasteiger partial charge in [-0.3, -0.25) is 4.98 Å². The molecule has 0 atom stereocenters. The van der Waals surface area contributed by atoms with Gasteiger partial charge in [-0.05, 0) is 48.6 Å². The molecule has 1 aliphatic carbocycles. The molecule has 1 aliphatic heterocycles. The molecule has 4 aromatic rings. The van der Waals surface area contributed by atoms with Crippen LogP contribution in [-0.4, -0.2) is 46.1 Å². The third-order valence-corrected chi connectivity index (χ3v) is 7.10. The van der Waals surface area contributed by atoms with Gasteiger partial charge in [0.1, 0.15) is 11.6 Å². The maximum atomic E-state index is 6.35. The van der Waals surface area contributed by atoms with Gasteiger partial charge in [0.2, 0.25) is 0 Å². The number of anilines is 3. The third-order valence-electron chi connectivity index (χ3n) is 6.28. The van der Waals surface area contributed by atoms with Gasteiger partial charge in [0.05, 0.1) is 27.4 Å². The van der Waals surface area contributed by atoms with Gasteiger partial charge in [-0.15, -0.1) is 0 Å².